The van der Waals surface area contributed by atoms with Crippen molar-refractivity contribution in [3.05, 3.63) is 65.7 Å². The van der Waals surface area contributed by atoms with Crippen molar-refractivity contribution >= 4 is 29.3 Å². The third kappa shape index (κ3) is 4.25. The number of rotatable bonds is 6. The molecule has 2 aromatic carbocycles. The molecule has 2 rings (SSSR count). The number of anilines is 1. The van der Waals surface area contributed by atoms with E-state index in [0.717, 1.165) is 22.6 Å². The minimum Gasteiger partial charge on any atom is -0.377 e. The third-order valence-electron chi connectivity index (χ3n) is 3.28. The Kier molecular flexibility index (Phi) is 5.84. The Hall–Kier alpha value is -2.00. The lowest BCUT2D eigenvalue weighted by Crippen LogP contribution is -2.09. The summed E-state index contributed by atoms with van der Waals surface area (Å²) in [5, 5.41) is 0. The number of thioether (sulfide) groups is 1. The summed E-state index contributed by atoms with van der Waals surface area (Å²) in [6, 6.07) is 15.8. The van der Waals surface area contributed by atoms with Gasteiger partial charge in [0.15, 0.2) is 5.78 Å². The van der Waals surface area contributed by atoms with E-state index < -0.39 is 0 Å². The Bertz CT molecular complexity index is 659. The first kappa shape index (κ1) is 16.4. The molecule has 0 aliphatic rings. The SMILES string of the molecule is CCSc1ccc(C(=O)/C=C/c2ccccc2N(C)C)cc1. The van der Waals surface area contributed by atoms with Crippen molar-refractivity contribution < 1.29 is 4.79 Å². The normalized spacial score (nSPS) is 10.9. The van der Waals surface area contributed by atoms with Gasteiger partial charge in [0.25, 0.3) is 0 Å². The number of allylic oxidation sites excluding steroid dienone is 1. The lowest BCUT2D eigenvalue weighted by molar-refractivity contribution is 0.104. The second-order valence-electron chi connectivity index (χ2n) is 5.11. The highest BCUT2D eigenvalue weighted by Gasteiger charge is 2.04. The molecule has 0 heterocycles. The van der Waals surface area contributed by atoms with Crippen LogP contribution in [-0.4, -0.2) is 25.6 Å². The van der Waals surface area contributed by atoms with E-state index in [9.17, 15) is 4.79 Å². The van der Waals surface area contributed by atoms with E-state index >= 15 is 0 Å². The van der Waals surface area contributed by atoms with E-state index in [-0.39, 0.29) is 5.78 Å². The summed E-state index contributed by atoms with van der Waals surface area (Å²) in [5.41, 5.74) is 2.86. The number of ketones is 1. The summed E-state index contributed by atoms with van der Waals surface area (Å²) in [4.78, 5) is 15.5. The van der Waals surface area contributed by atoms with Gasteiger partial charge in [0, 0.05) is 30.2 Å². The maximum absolute atomic E-state index is 12.3. The first-order valence-electron chi connectivity index (χ1n) is 7.33. The van der Waals surface area contributed by atoms with Gasteiger partial charge in [-0.2, -0.15) is 0 Å². The number of carbonyl (C=O) groups excluding carboxylic acids is 1. The summed E-state index contributed by atoms with van der Waals surface area (Å²) < 4.78 is 0. The number of benzene rings is 2. The van der Waals surface area contributed by atoms with Crippen LogP contribution in [-0.2, 0) is 0 Å². The highest BCUT2D eigenvalue weighted by atomic mass is 32.2. The van der Waals surface area contributed by atoms with Crippen LogP contribution in [0.3, 0.4) is 0 Å². The predicted octanol–water partition coefficient (Wildman–Crippen LogP) is 4.76. The molecule has 0 saturated heterocycles. The Morgan fingerprint density at radius 2 is 1.77 bits per heavy atom. The average molecular weight is 311 g/mol. The Balaban J connectivity index is 2.14. The van der Waals surface area contributed by atoms with Crippen molar-refractivity contribution in [3.8, 4) is 0 Å². The molecule has 2 aromatic rings. The number of hydrogen-bond acceptors (Lipinski definition) is 3. The van der Waals surface area contributed by atoms with Crippen LogP contribution >= 0.6 is 11.8 Å². The first-order valence-corrected chi connectivity index (χ1v) is 8.32. The molecule has 0 spiro atoms. The zero-order valence-electron chi connectivity index (χ0n) is 13.2. The van der Waals surface area contributed by atoms with Gasteiger partial charge in [-0.25, -0.2) is 0 Å². The van der Waals surface area contributed by atoms with Crippen molar-refractivity contribution in [3.63, 3.8) is 0 Å². The van der Waals surface area contributed by atoms with E-state index in [1.807, 2.05) is 73.6 Å². The molecule has 0 atom stereocenters. The maximum Gasteiger partial charge on any atom is 0.185 e. The van der Waals surface area contributed by atoms with Crippen LogP contribution in [0.15, 0.2) is 59.5 Å². The molecule has 22 heavy (non-hydrogen) atoms. The molecule has 0 aromatic heterocycles. The maximum atomic E-state index is 12.3. The van der Waals surface area contributed by atoms with Crippen molar-refractivity contribution in [2.75, 3.05) is 24.7 Å². The van der Waals surface area contributed by atoms with Crippen molar-refractivity contribution in [1.82, 2.24) is 0 Å². The molecule has 3 heteroatoms. The average Bonchev–Trinajstić information content (AvgIpc) is 2.54. The van der Waals surface area contributed by atoms with E-state index in [4.69, 9.17) is 0 Å². The number of para-hydroxylation sites is 1. The minimum atomic E-state index is 0.0293. The molecule has 0 amide bonds. The summed E-state index contributed by atoms with van der Waals surface area (Å²) in [6.07, 6.45) is 3.52. The zero-order chi connectivity index (χ0) is 15.9. The van der Waals surface area contributed by atoms with Gasteiger partial charge in [0.2, 0.25) is 0 Å². The summed E-state index contributed by atoms with van der Waals surface area (Å²) in [7, 11) is 4.00. The van der Waals surface area contributed by atoms with E-state index in [0.29, 0.717) is 0 Å². The largest absolute Gasteiger partial charge is 0.377 e. The standard InChI is InChI=1S/C19H21NOS/c1-4-22-17-12-9-16(10-13-17)19(21)14-11-15-7-5-6-8-18(15)20(2)3/h5-14H,4H2,1-3H3/b14-11+. The molecule has 0 N–H and O–H groups in total. The van der Waals surface area contributed by atoms with Crippen molar-refractivity contribution in [2.45, 2.75) is 11.8 Å². The lowest BCUT2D eigenvalue weighted by Gasteiger charge is -2.15. The number of hydrogen-bond donors (Lipinski definition) is 0. The predicted molar refractivity (Wildman–Crippen MR) is 97.0 cm³/mol. The van der Waals surface area contributed by atoms with Crippen LogP contribution in [0.4, 0.5) is 5.69 Å². The third-order valence-corrected chi connectivity index (χ3v) is 4.18. The second-order valence-corrected chi connectivity index (χ2v) is 6.45. The fraction of sp³-hybridized carbons (Fsp3) is 0.211. The van der Waals surface area contributed by atoms with Gasteiger partial charge < -0.3 is 4.90 Å². The molecule has 0 radical (unpaired) electrons. The zero-order valence-corrected chi connectivity index (χ0v) is 14.1. The molecule has 0 bridgehead atoms. The van der Waals surface area contributed by atoms with Crippen molar-refractivity contribution in [1.29, 1.82) is 0 Å². The summed E-state index contributed by atoms with van der Waals surface area (Å²) in [6.45, 7) is 2.12. The van der Waals surface area contributed by atoms with Gasteiger partial charge in [0.05, 0.1) is 0 Å². The Labute approximate surface area is 136 Å². The van der Waals surface area contributed by atoms with Crippen LogP contribution in [0, 0.1) is 0 Å². The molecule has 0 fully saturated rings. The summed E-state index contributed by atoms with van der Waals surface area (Å²) in [5.74, 6) is 1.07. The van der Waals surface area contributed by atoms with Crippen LogP contribution in [0.2, 0.25) is 0 Å². The molecular weight excluding hydrogens is 290 g/mol. The molecule has 114 valence electrons. The number of nitrogens with zero attached hydrogens (tertiary/aromatic N) is 1. The molecule has 0 unspecified atom stereocenters. The van der Waals surface area contributed by atoms with Gasteiger partial charge in [-0.1, -0.05) is 25.1 Å². The quantitative estimate of drug-likeness (QED) is 0.436. The monoisotopic (exact) mass is 311 g/mol. The fourth-order valence-corrected chi connectivity index (χ4v) is 2.84. The smallest absolute Gasteiger partial charge is 0.185 e. The highest BCUT2D eigenvalue weighted by Crippen LogP contribution is 2.20. The lowest BCUT2D eigenvalue weighted by atomic mass is 10.1. The van der Waals surface area contributed by atoms with Gasteiger partial charge in [-0.3, -0.25) is 4.79 Å². The van der Waals surface area contributed by atoms with Gasteiger partial charge in [0.1, 0.15) is 0 Å². The molecular formula is C19H21NOS. The molecule has 2 nitrogen and oxygen atoms in total. The fourth-order valence-electron chi connectivity index (χ4n) is 2.18. The van der Waals surface area contributed by atoms with E-state index in [1.165, 1.54) is 4.90 Å². The van der Waals surface area contributed by atoms with Crippen LogP contribution < -0.4 is 4.90 Å². The van der Waals surface area contributed by atoms with Gasteiger partial charge >= 0.3 is 0 Å². The van der Waals surface area contributed by atoms with Crippen molar-refractivity contribution in [2.24, 2.45) is 0 Å². The molecule has 0 saturated carbocycles. The highest BCUT2D eigenvalue weighted by molar-refractivity contribution is 7.99. The summed E-state index contributed by atoms with van der Waals surface area (Å²) >= 11 is 1.78. The van der Waals surface area contributed by atoms with E-state index in [2.05, 4.69) is 6.92 Å². The van der Waals surface area contributed by atoms with E-state index in [1.54, 1.807) is 17.8 Å². The number of carbonyl (C=O) groups is 1. The minimum absolute atomic E-state index is 0.0293. The van der Waals surface area contributed by atoms with Crippen LogP contribution in [0.25, 0.3) is 6.08 Å². The first-order chi connectivity index (χ1) is 10.6. The topological polar surface area (TPSA) is 20.3 Å². The Morgan fingerprint density at radius 3 is 2.41 bits per heavy atom. The second kappa shape index (κ2) is 7.85. The molecule has 0 aliphatic heterocycles. The Morgan fingerprint density at radius 1 is 1.09 bits per heavy atom. The van der Waals surface area contributed by atoms with Gasteiger partial charge in [-0.15, -0.1) is 11.8 Å². The molecule has 0 aliphatic carbocycles. The van der Waals surface area contributed by atoms with Gasteiger partial charge in [-0.05, 0) is 53.8 Å². The van der Waals surface area contributed by atoms with Crippen LogP contribution in [0.1, 0.15) is 22.8 Å². The van der Waals surface area contributed by atoms with Crippen LogP contribution in [0.5, 0.6) is 0 Å².